The van der Waals surface area contributed by atoms with Gasteiger partial charge >= 0.3 is 0 Å². The highest BCUT2D eigenvalue weighted by Crippen LogP contribution is 2.27. The number of rotatable bonds is 5. The smallest absolute Gasteiger partial charge is 0.129 e. The first kappa shape index (κ1) is 15.4. The predicted octanol–water partition coefficient (Wildman–Crippen LogP) is 4.84. The van der Waals surface area contributed by atoms with E-state index < -0.39 is 0 Å². The first-order valence-electron chi connectivity index (χ1n) is 6.42. The lowest BCUT2D eigenvalue weighted by Gasteiger charge is -2.17. The number of benzene rings is 2. The third-order valence-corrected chi connectivity index (χ3v) is 4.41. The molecule has 0 saturated carbocycles. The topological polar surface area (TPSA) is 12.0 Å². The maximum absolute atomic E-state index is 13.9. The van der Waals surface area contributed by atoms with Crippen molar-refractivity contribution in [2.75, 3.05) is 12.8 Å². The molecule has 1 nitrogen and oxygen atoms in total. The van der Waals surface area contributed by atoms with E-state index in [-0.39, 0.29) is 11.9 Å². The van der Waals surface area contributed by atoms with Crippen LogP contribution in [0.4, 0.5) is 4.39 Å². The van der Waals surface area contributed by atoms with E-state index in [1.165, 1.54) is 16.5 Å². The number of nitrogens with one attached hydrogen (secondary N) is 1. The highest BCUT2D eigenvalue weighted by atomic mass is 35.5. The van der Waals surface area contributed by atoms with Crippen LogP contribution in [0.5, 0.6) is 0 Å². The Bertz CT molecular complexity index is 588. The van der Waals surface area contributed by atoms with Crippen LogP contribution in [0.1, 0.15) is 17.2 Å². The number of hydrogen-bond donors (Lipinski definition) is 1. The fourth-order valence-electron chi connectivity index (χ4n) is 2.00. The third-order valence-electron chi connectivity index (χ3n) is 3.09. The number of hydrogen-bond acceptors (Lipinski definition) is 2. The van der Waals surface area contributed by atoms with Gasteiger partial charge in [0.15, 0.2) is 0 Å². The van der Waals surface area contributed by atoms with Crippen LogP contribution in [-0.2, 0) is 0 Å². The van der Waals surface area contributed by atoms with Gasteiger partial charge < -0.3 is 5.32 Å². The molecule has 0 aliphatic rings. The van der Waals surface area contributed by atoms with Gasteiger partial charge in [-0.2, -0.15) is 0 Å². The van der Waals surface area contributed by atoms with Gasteiger partial charge in [-0.25, -0.2) is 4.39 Å². The summed E-state index contributed by atoms with van der Waals surface area (Å²) in [6.07, 6.45) is 0. The van der Waals surface area contributed by atoms with Gasteiger partial charge in [0.05, 0.1) is 0 Å². The molecule has 0 spiro atoms. The molecule has 0 heterocycles. The van der Waals surface area contributed by atoms with Gasteiger partial charge in [0.25, 0.3) is 0 Å². The SMILES string of the molecule is CNC(CSc1cccc(C)c1)c1ccc(Cl)cc1F. The first-order chi connectivity index (χ1) is 9.60. The van der Waals surface area contributed by atoms with Crippen molar-refractivity contribution in [1.82, 2.24) is 5.32 Å². The van der Waals surface area contributed by atoms with Crippen molar-refractivity contribution in [3.63, 3.8) is 0 Å². The summed E-state index contributed by atoms with van der Waals surface area (Å²) in [7, 11) is 1.84. The van der Waals surface area contributed by atoms with Crippen molar-refractivity contribution in [3.8, 4) is 0 Å². The van der Waals surface area contributed by atoms with E-state index in [0.717, 1.165) is 5.75 Å². The molecule has 2 rings (SSSR count). The maximum atomic E-state index is 13.9. The Morgan fingerprint density at radius 2 is 2.05 bits per heavy atom. The minimum absolute atomic E-state index is 0.0437. The van der Waals surface area contributed by atoms with Crippen LogP contribution in [0.2, 0.25) is 5.02 Å². The first-order valence-corrected chi connectivity index (χ1v) is 7.78. The fraction of sp³-hybridized carbons (Fsp3) is 0.250. The molecule has 0 amide bonds. The molecule has 0 radical (unpaired) electrons. The summed E-state index contributed by atoms with van der Waals surface area (Å²) in [5.41, 5.74) is 1.88. The average molecular weight is 310 g/mol. The summed E-state index contributed by atoms with van der Waals surface area (Å²) in [4.78, 5) is 1.19. The van der Waals surface area contributed by atoms with Crippen LogP contribution < -0.4 is 5.32 Å². The number of halogens is 2. The molecule has 1 N–H and O–H groups in total. The third kappa shape index (κ3) is 3.98. The summed E-state index contributed by atoms with van der Waals surface area (Å²) >= 11 is 7.50. The van der Waals surface area contributed by atoms with E-state index in [9.17, 15) is 4.39 Å². The van der Waals surface area contributed by atoms with Crippen molar-refractivity contribution in [1.29, 1.82) is 0 Å². The molecule has 4 heteroatoms. The average Bonchev–Trinajstić information content (AvgIpc) is 2.41. The molecular formula is C16H17ClFNS. The molecule has 106 valence electrons. The summed E-state index contributed by atoms with van der Waals surface area (Å²) in [6.45, 7) is 2.07. The monoisotopic (exact) mass is 309 g/mol. The molecule has 1 unspecified atom stereocenters. The second-order valence-corrected chi connectivity index (χ2v) is 6.16. The zero-order chi connectivity index (χ0) is 14.5. The summed E-state index contributed by atoms with van der Waals surface area (Å²) in [5.74, 6) is 0.500. The molecule has 0 aromatic heterocycles. The van der Waals surface area contributed by atoms with Crippen LogP contribution in [0.3, 0.4) is 0 Å². The standard InChI is InChI=1S/C16H17ClFNS/c1-11-4-3-5-13(8-11)20-10-16(19-2)14-7-6-12(17)9-15(14)18/h3-9,16,19H,10H2,1-2H3. The zero-order valence-corrected chi connectivity index (χ0v) is 13.1. The Balaban J connectivity index is 2.09. The number of aryl methyl sites for hydroxylation is 1. The highest BCUT2D eigenvalue weighted by Gasteiger charge is 2.14. The van der Waals surface area contributed by atoms with Gasteiger partial charge in [-0.15, -0.1) is 11.8 Å². The summed E-state index contributed by atoms with van der Waals surface area (Å²) < 4.78 is 13.9. The van der Waals surface area contributed by atoms with Gasteiger partial charge in [-0.3, -0.25) is 0 Å². The lowest BCUT2D eigenvalue weighted by atomic mass is 10.1. The van der Waals surface area contributed by atoms with Crippen molar-refractivity contribution < 1.29 is 4.39 Å². The van der Waals surface area contributed by atoms with E-state index in [0.29, 0.717) is 10.6 Å². The Morgan fingerprint density at radius 3 is 2.70 bits per heavy atom. The van der Waals surface area contributed by atoms with Crippen LogP contribution in [0.15, 0.2) is 47.4 Å². The van der Waals surface area contributed by atoms with Crippen molar-refractivity contribution >= 4 is 23.4 Å². The molecule has 20 heavy (non-hydrogen) atoms. The second-order valence-electron chi connectivity index (χ2n) is 4.63. The van der Waals surface area contributed by atoms with Crippen molar-refractivity contribution in [2.45, 2.75) is 17.9 Å². The van der Waals surface area contributed by atoms with Crippen molar-refractivity contribution in [3.05, 3.63) is 64.4 Å². The van der Waals surface area contributed by atoms with Crippen LogP contribution in [0.25, 0.3) is 0 Å². The molecule has 2 aromatic carbocycles. The Hall–Kier alpha value is -1.03. The Kier molecular flexibility index (Phi) is 5.46. The molecule has 0 aliphatic carbocycles. The molecule has 0 bridgehead atoms. The quantitative estimate of drug-likeness (QED) is 0.793. The summed E-state index contributed by atoms with van der Waals surface area (Å²) in [5, 5.41) is 3.58. The van der Waals surface area contributed by atoms with Gasteiger partial charge in [-0.05, 0) is 38.2 Å². The Labute approximate surface area is 128 Å². The lowest BCUT2D eigenvalue weighted by Crippen LogP contribution is -2.20. The predicted molar refractivity (Wildman–Crippen MR) is 85.1 cm³/mol. The minimum atomic E-state index is -0.262. The highest BCUT2D eigenvalue weighted by molar-refractivity contribution is 7.99. The van der Waals surface area contributed by atoms with Crippen LogP contribution in [0, 0.1) is 12.7 Å². The minimum Gasteiger partial charge on any atom is -0.312 e. The van der Waals surface area contributed by atoms with Crippen LogP contribution in [-0.4, -0.2) is 12.8 Å². The zero-order valence-electron chi connectivity index (χ0n) is 11.5. The van der Waals surface area contributed by atoms with Gasteiger partial charge in [0.1, 0.15) is 5.82 Å². The van der Waals surface area contributed by atoms with Gasteiger partial charge in [-0.1, -0.05) is 35.4 Å². The van der Waals surface area contributed by atoms with E-state index >= 15 is 0 Å². The molecule has 0 fully saturated rings. The van der Waals surface area contributed by atoms with E-state index in [2.05, 4.69) is 30.4 Å². The summed E-state index contributed by atoms with van der Waals surface area (Å²) in [6, 6.07) is 13.1. The number of thioether (sulfide) groups is 1. The molecule has 0 aliphatic heterocycles. The second kappa shape index (κ2) is 7.11. The van der Waals surface area contributed by atoms with E-state index in [1.54, 1.807) is 23.9 Å². The molecule has 0 saturated heterocycles. The van der Waals surface area contributed by atoms with E-state index in [1.807, 2.05) is 13.1 Å². The fourth-order valence-corrected chi connectivity index (χ4v) is 3.31. The molecule has 2 aromatic rings. The van der Waals surface area contributed by atoms with Gasteiger partial charge in [0.2, 0.25) is 0 Å². The molecular weight excluding hydrogens is 293 g/mol. The molecule has 1 atom stereocenters. The maximum Gasteiger partial charge on any atom is 0.129 e. The normalized spacial score (nSPS) is 12.4. The van der Waals surface area contributed by atoms with E-state index in [4.69, 9.17) is 11.6 Å². The largest absolute Gasteiger partial charge is 0.312 e. The van der Waals surface area contributed by atoms with Crippen LogP contribution >= 0.6 is 23.4 Å². The van der Waals surface area contributed by atoms with Crippen molar-refractivity contribution in [2.24, 2.45) is 0 Å². The van der Waals surface area contributed by atoms with Gasteiger partial charge in [0, 0.05) is 27.3 Å². The Morgan fingerprint density at radius 1 is 1.25 bits per heavy atom. The lowest BCUT2D eigenvalue weighted by molar-refractivity contribution is 0.566.